The zero-order valence-corrected chi connectivity index (χ0v) is 20.5. The molecule has 2 unspecified atom stereocenters. The molecular weight excluding hydrogens is 442 g/mol. The highest BCUT2D eigenvalue weighted by molar-refractivity contribution is 7.23. The van der Waals surface area contributed by atoms with Gasteiger partial charge >= 0.3 is 6.09 Å². The van der Waals surface area contributed by atoms with Crippen molar-refractivity contribution in [2.24, 2.45) is 0 Å². The van der Waals surface area contributed by atoms with E-state index in [0.29, 0.717) is 6.42 Å². The Morgan fingerprint density at radius 1 is 1.25 bits per heavy atom. The molecule has 6 nitrogen and oxygen atoms in total. The number of nitrogens with one attached hydrogen (secondary N) is 1. The van der Waals surface area contributed by atoms with Crippen molar-refractivity contribution in [1.82, 2.24) is 9.88 Å². The number of hydrogen-bond donors (Lipinski definition) is 1. The minimum absolute atomic E-state index is 0.0574. The summed E-state index contributed by atoms with van der Waals surface area (Å²) in [6, 6.07) is 7.77. The molecule has 0 saturated carbocycles. The number of ether oxygens (including phenoxy) is 1. The van der Waals surface area contributed by atoms with Crippen LogP contribution in [0.25, 0.3) is 20.8 Å². The lowest BCUT2D eigenvalue weighted by atomic mass is 9.93. The summed E-state index contributed by atoms with van der Waals surface area (Å²) in [6.45, 7) is 13.2. The maximum atomic E-state index is 13.0. The third kappa shape index (κ3) is 4.17. The number of carbonyl (C=O) groups is 2. The highest BCUT2D eigenvalue weighted by atomic mass is 32.1. The molecule has 0 saturated heterocycles. The molecule has 32 heavy (non-hydrogen) atoms. The Bertz CT molecular complexity index is 1170. The average Bonchev–Trinajstić information content (AvgIpc) is 3.27. The van der Waals surface area contributed by atoms with E-state index in [0.717, 1.165) is 36.2 Å². The van der Waals surface area contributed by atoms with Crippen LogP contribution < -0.4 is 5.32 Å². The normalized spacial score (nSPS) is 18.3. The van der Waals surface area contributed by atoms with E-state index in [4.69, 9.17) is 9.72 Å². The number of carbonyl (C=O) groups excluding carboxylic acids is 2. The molecule has 0 fully saturated rings. The van der Waals surface area contributed by atoms with Crippen LogP contribution in [0, 0.1) is 0 Å². The van der Waals surface area contributed by atoms with E-state index in [1.807, 2.05) is 58.9 Å². The second-order valence-electron chi connectivity index (χ2n) is 8.95. The molecule has 4 rings (SSSR count). The quantitative estimate of drug-likeness (QED) is 0.451. The van der Waals surface area contributed by atoms with Gasteiger partial charge in [-0.05, 0) is 64.8 Å². The van der Waals surface area contributed by atoms with Gasteiger partial charge in [-0.3, -0.25) is 9.69 Å². The third-order valence-corrected chi connectivity index (χ3v) is 7.72. The maximum Gasteiger partial charge on any atom is 0.411 e. The predicted molar refractivity (Wildman–Crippen MR) is 131 cm³/mol. The molecule has 0 aliphatic carbocycles. The van der Waals surface area contributed by atoms with Crippen molar-refractivity contribution in [1.29, 1.82) is 0 Å². The van der Waals surface area contributed by atoms with Crippen molar-refractivity contribution in [2.75, 3.05) is 5.32 Å². The third-order valence-electron chi connectivity index (χ3n) is 5.34. The molecule has 1 aromatic carbocycles. The van der Waals surface area contributed by atoms with Gasteiger partial charge in [-0.25, -0.2) is 9.78 Å². The molecule has 2 amide bonds. The first kappa shape index (κ1) is 22.5. The number of thiophene rings is 1. The molecule has 0 spiro atoms. The van der Waals surface area contributed by atoms with Gasteiger partial charge in [0, 0.05) is 16.5 Å². The van der Waals surface area contributed by atoms with Crippen LogP contribution in [0.3, 0.4) is 0 Å². The fraction of sp³-hybridized carbons (Fsp3) is 0.375. The van der Waals surface area contributed by atoms with E-state index in [2.05, 4.69) is 11.9 Å². The van der Waals surface area contributed by atoms with Gasteiger partial charge in [0.15, 0.2) is 0 Å². The SMILES string of the molecule is C=CC(=O)Nc1sc2c(c1-c1nc3ccccc3s1)CC(C)N(C(=O)OC(C)(C)C)C2C. The average molecular weight is 470 g/mol. The number of nitrogens with zero attached hydrogens (tertiary/aromatic N) is 2. The number of fused-ring (bicyclic) bond motifs is 2. The van der Waals surface area contributed by atoms with Gasteiger partial charge in [0.25, 0.3) is 0 Å². The number of rotatable bonds is 3. The fourth-order valence-electron chi connectivity index (χ4n) is 4.03. The lowest BCUT2D eigenvalue weighted by Gasteiger charge is -2.39. The molecule has 0 radical (unpaired) electrons. The number of benzene rings is 1. The fourth-order valence-corrected chi connectivity index (χ4v) is 6.43. The van der Waals surface area contributed by atoms with Crippen molar-refractivity contribution >= 4 is 49.9 Å². The van der Waals surface area contributed by atoms with Gasteiger partial charge < -0.3 is 10.1 Å². The second kappa shape index (κ2) is 8.33. The standard InChI is InChI=1S/C24H27N3O3S2/c1-7-18(28)26-22-19(21-25-16-10-8-9-11-17(16)31-21)15-12-13(2)27(14(3)20(15)32-22)23(29)30-24(4,5)6/h7-11,13-14H,1,12H2,2-6H3,(H,26,28). The monoisotopic (exact) mass is 469 g/mol. The number of anilines is 1. The number of aromatic nitrogens is 1. The van der Waals surface area contributed by atoms with Crippen molar-refractivity contribution in [2.45, 2.75) is 58.7 Å². The molecule has 1 aliphatic heterocycles. The molecule has 2 atom stereocenters. The van der Waals surface area contributed by atoms with Gasteiger partial charge in [-0.1, -0.05) is 18.7 Å². The molecule has 168 valence electrons. The Balaban J connectivity index is 1.82. The van der Waals surface area contributed by atoms with Gasteiger partial charge in [0.05, 0.1) is 16.3 Å². The lowest BCUT2D eigenvalue weighted by molar-refractivity contribution is -0.111. The van der Waals surface area contributed by atoms with Gasteiger partial charge in [0.1, 0.15) is 15.6 Å². The number of para-hydroxylation sites is 1. The van der Waals surface area contributed by atoms with Gasteiger partial charge in [0.2, 0.25) is 5.91 Å². The smallest absolute Gasteiger partial charge is 0.411 e. The summed E-state index contributed by atoms with van der Waals surface area (Å²) in [5.41, 5.74) is 2.44. The number of thiazole rings is 1. The van der Waals surface area contributed by atoms with Crippen LogP contribution >= 0.6 is 22.7 Å². The molecule has 1 aliphatic rings. The minimum Gasteiger partial charge on any atom is -0.444 e. The number of amides is 2. The van der Waals surface area contributed by atoms with E-state index in [1.165, 1.54) is 17.4 Å². The Kier molecular flexibility index (Phi) is 5.85. The maximum absolute atomic E-state index is 13.0. The second-order valence-corrected chi connectivity index (χ2v) is 11.0. The zero-order valence-electron chi connectivity index (χ0n) is 18.9. The Morgan fingerprint density at radius 3 is 2.62 bits per heavy atom. The Hall–Kier alpha value is -2.71. The Labute approximate surface area is 195 Å². The predicted octanol–water partition coefficient (Wildman–Crippen LogP) is 6.39. The summed E-state index contributed by atoms with van der Waals surface area (Å²) in [5.74, 6) is -0.268. The molecule has 2 aromatic heterocycles. The van der Waals surface area contributed by atoms with E-state index < -0.39 is 5.60 Å². The molecule has 0 bridgehead atoms. The highest BCUT2D eigenvalue weighted by Gasteiger charge is 2.39. The van der Waals surface area contributed by atoms with E-state index in [1.54, 1.807) is 16.2 Å². The van der Waals surface area contributed by atoms with E-state index >= 15 is 0 Å². The van der Waals surface area contributed by atoms with Crippen LogP contribution in [0.15, 0.2) is 36.9 Å². The zero-order chi connectivity index (χ0) is 23.2. The summed E-state index contributed by atoms with van der Waals surface area (Å²) >= 11 is 3.10. The van der Waals surface area contributed by atoms with Crippen molar-refractivity contribution < 1.29 is 14.3 Å². The number of hydrogen-bond acceptors (Lipinski definition) is 6. The first-order valence-corrected chi connectivity index (χ1v) is 12.2. The molecule has 3 heterocycles. The van der Waals surface area contributed by atoms with Crippen LogP contribution in [0.2, 0.25) is 0 Å². The largest absolute Gasteiger partial charge is 0.444 e. The summed E-state index contributed by atoms with van der Waals surface area (Å²) in [6.07, 6.45) is 1.60. The summed E-state index contributed by atoms with van der Waals surface area (Å²) in [7, 11) is 0. The minimum atomic E-state index is -0.568. The molecule has 8 heteroatoms. The molecule has 1 N–H and O–H groups in total. The first-order chi connectivity index (χ1) is 15.1. The van der Waals surface area contributed by atoms with E-state index in [9.17, 15) is 9.59 Å². The van der Waals surface area contributed by atoms with Crippen LogP contribution in [0.4, 0.5) is 9.80 Å². The Morgan fingerprint density at radius 2 is 1.97 bits per heavy atom. The van der Waals surface area contributed by atoms with Crippen LogP contribution in [0.1, 0.15) is 51.1 Å². The van der Waals surface area contributed by atoms with Gasteiger partial charge in [-0.15, -0.1) is 22.7 Å². The van der Waals surface area contributed by atoms with E-state index in [-0.39, 0.29) is 24.1 Å². The molecule has 3 aromatic rings. The summed E-state index contributed by atoms with van der Waals surface area (Å²) in [4.78, 5) is 32.9. The van der Waals surface area contributed by atoms with Crippen molar-refractivity contribution in [3.63, 3.8) is 0 Å². The van der Waals surface area contributed by atoms with Crippen molar-refractivity contribution in [3.05, 3.63) is 47.4 Å². The lowest BCUT2D eigenvalue weighted by Crippen LogP contribution is -2.46. The highest BCUT2D eigenvalue weighted by Crippen LogP contribution is 2.50. The van der Waals surface area contributed by atoms with Crippen LogP contribution in [0.5, 0.6) is 0 Å². The first-order valence-electron chi connectivity index (χ1n) is 10.5. The van der Waals surface area contributed by atoms with Crippen LogP contribution in [-0.2, 0) is 16.0 Å². The summed E-state index contributed by atoms with van der Waals surface area (Å²) < 4.78 is 6.77. The summed E-state index contributed by atoms with van der Waals surface area (Å²) in [5, 5.41) is 4.58. The topological polar surface area (TPSA) is 71.5 Å². The van der Waals surface area contributed by atoms with Crippen LogP contribution in [-0.4, -0.2) is 33.5 Å². The van der Waals surface area contributed by atoms with Crippen molar-refractivity contribution in [3.8, 4) is 10.6 Å². The molecular formula is C24H27N3O3S2. The van der Waals surface area contributed by atoms with Gasteiger partial charge in [-0.2, -0.15) is 0 Å².